The lowest BCUT2D eigenvalue weighted by Gasteiger charge is -2.20. The second-order valence-corrected chi connectivity index (χ2v) is 9.30. The molecule has 0 saturated heterocycles. The molecule has 0 saturated carbocycles. The maximum Gasteiger partial charge on any atom is 0.647 e. The van der Waals surface area contributed by atoms with E-state index in [-0.39, 0.29) is 22.9 Å². The van der Waals surface area contributed by atoms with Crippen LogP contribution in [-0.4, -0.2) is 24.6 Å². The zero-order valence-corrected chi connectivity index (χ0v) is 19.7. The van der Waals surface area contributed by atoms with E-state index in [4.69, 9.17) is 23.4 Å². The SMILES string of the molecule is O=[N+]([O-])c1ccc(OP(=O)(Oc2ccc([N+](=O)[O-])cc2)Oc2ccc([N+](=O)[O-])cc2OP(=O)(O)O)cc1. The summed E-state index contributed by atoms with van der Waals surface area (Å²) in [7, 11) is -10.2. The number of phosphoric acid groups is 2. The first kappa shape index (κ1) is 27.0. The van der Waals surface area contributed by atoms with Crippen molar-refractivity contribution < 1.29 is 51.8 Å². The van der Waals surface area contributed by atoms with Gasteiger partial charge < -0.3 is 18.1 Å². The summed E-state index contributed by atoms with van der Waals surface area (Å²) in [6, 6.07) is 10.4. The molecule has 37 heavy (non-hydrogen) atoms. The van der Waals surface area contributed by atoms with Crippen LogP contribution in [0.1, 0.15) is 0 Å². The minimum Gasteiger partial charge on any atom is -0.400 e. The molecule has 3 rings (SSSR count). The Morgan fingerprint density at radius 3 is 1.35 bits per heavy atom. The van der Waals surface area contributed by atoms with E-state index in [0.29, 0.717) is 6.07 Å². The minimum atomic E-state index is -5.29. The predicted octanol–water partition coefficient (Wildman–Crippen LogP) is 4.53. The maximum absolute atomic E-state index is 13.6. The van der Waals surface area contributed by atoms with Gasteiger partial charge in [-0.1, -0.05) is 0 Å². The fraction of sp³-hybridized carbons (Fsp3) is 0. The van der Waals surface area contributed by atoms with Crippen molar-refractivity contribution >= 4 is 32.7 Å². The highest BCUT2D eigenvalue weighted by molar-refractivity contribution is 7.49. The van der Waals surface area contributed by atoms with Crippen LogP contribution in [0, 0.1) is 30.3 Å². The molecule has 194 valence electrons. The number of non-ortho nitro benzene ring substituents is 3. The molecule has 17 nitrogen and oxygen atoms in total. The van der Waals surface area contributed by atoms with Crippen molar-refractivity contribution in [1.29, 1.82) is 0 Å². The molecule has 0 aliphatic carbocycles. The zero-order chi connectivity index (χ0) is 27.4. The summed E-state index contributed by atoms with van der Waals surface area (Å²) >= 11 is 0. The van der Waals surface area contributed by atoms with E-state index in [9.17, 15) is 39.5 Å². The Balaban J connectivity index is 2.03. The van der Waals surface area contributed by atoms with Gasteiger partial charge in [0.25, 0.3) is 17.1 Å². The highest BCUT2D eigenvalue weighted by atomic mass is 31.2. The van der Waals surface area contributed by atoms with E-state index >= 15 is 0 Å². The Labute approximate surface area is 205 Å². The number of nitro groups is 3. The Morgan fingerprint density at radius 1 is 0.568 bits per heavy atom. The van der Waals surface area contributed by atoms with Crippen LogP contribution in [-0.2, 0) is 9.13 Å². The highest BCUT2D eigenvalue weighted by Gasteiger charge is 2.36. The van der Waals surface area contributed by atoms with Gasteiger partial charge in [-0.05, 0) is 30.3 Å². The summed E-state index contributed by atoms with van der Waals surface area (Å²) in [6.45, 7) is 0. The molecule has 0 bridgehead atoms. The van der Waals surface area contributed by atoms with Gasteiger partial charge in [0, 0.05) is 30.3 Å². The second kappa shape index (κ2) is 10.6. The molecule has 2 N–H and O–H groups in total. The standard InChI is InChI=1S/C18H13N3O14P2/c22-19(23)12-1-6-15(7-2-12)32-37(31,33-16-8-3-13(4-9-16)20(24)25)35-17-10-5-14(21(26)27)11-18(17)34-36(28,29)30/h1-11H,(H2,28,29,30). The summed E-state index contributed by atoms with van der Waals surface area (Å²) in [5.41, 5.74) is -1.35. The summed E-state index contributed by atoms with van der Waals surface area (Å²) in [6.07, 6.45) is 0. The summed E-state index contributed by atoms with van der Waals surface area (Å²) in [4.78, 5) is 48.8. The van der Waals surface area contributed by atoms with Gasteiger partial charge in [-0.2, -0.15) is 4.57 Å². The lowest BCUT2D eigenvalue weighted by atomic mass is 10.3. The van der Waals surface area contributed by atoms with Gasteiger partial charge in [-0.15, -0.1) is 0 Å². The van der Waals surface area contributed by atoms with Gasteiger partial charge in [0.2, 0.25) is 0 Å². The van der Waals surface area contributed by atoms with E-state index in [0.717, 1.165) is 60.7 Å². The van der Waals surface area contributed by atoms with E-state index in [1.165, 1.54) is 0 Å². The van der Waals surface area contributed by atoms with Crippen molar-refractivity contribution in [2.24, 2.45) is 0 Å². The molecule has 0 fully saturated rings. The Bertz CT molecular complexity index is 1380. The number of nitro benzene ring substituents is 3. The molecule has 0 heterocycles. The van der Waals surface area contributed by atoms with Crippen molar-refractivity contribution in [2.75, 3.05) is 0 Å². The quantitative estimate of drug-likeness (QED) is 0.187. The van der Waals surface area contributed by atoms with Crippen LogP contribution in [0.2, 0.25) is 0 Å². The van der Waals surface area contributed by atoms with Crippen molar-refractivity contribution in [3.8, 4) is 23.0 Å². The molecule has 0 aromatic heterocycles. The molecule has 19 heteroatoms. The third kappa shape index (κ3) is 7.46. The molecule has 3 aromatic carbocycles. The number of hydrogen-bond acceptors (Lipinski definition) is 12. The topological polar surface area (TPSA) is 241 Å². The molecule has 3 aromatic rings. The van der Waals surface area contributed by atoms with Crippen molar-refractivity contribution in [1.82, 2.24) is 0 Å². The number of hydrogen-bond donors (Lipinski definition) is 2. The van der Waals surface area contributed by atoms with Crippen LogP contribution in [0.25, 0.3) is 0 Å². The molecular formula is C18H13N3O14P2. The summed E-state index contributed by atoms with van der Waals surface area (Å²) in [5.74, 6) is -2.19. The Kier molecular flexibility index (Phi) is 7.74. The summed E-state index contributed by atoms with van der Waals surface area (Å²) in [5, 5.41) is 32.8. The lowest BCUT2D eigenvalue weighted by Crippen LogP contribution is -2.08. The van der Waals surface area contributed by atoms with Gasteiger partial charge in [0.15, 0.2) is 11.5 Å². The monoisotopic (exact) mass is 557 g/mol. The minimum absolute atomic E-state index is 0.282. The first-order valence-electron chi connectivity index (χ1n) is 9.46. The van der Waals surface area contributed by atoms with Gasteiger partial charge in [-0.25, -0.2) is 4.57 Å². The number of rotatable bonds is 11. The van der Waals surface area contributed by atoms with Crippen LogP contribution in [0.5, 0.6) is 23.0 Å². The number of benzene rings is 3. The van der Waals surface area contributed by atoms with Gasteiger partial charge in [0.1, 0.15) is 11.5 Å². The summed E-state index contributed by atoms with van der Waals surface area (Å²) < 4.78 is 45.1. The molecule has 0 amide bonds. The smallest absolute Gasteiger partial charge is 0.400 e. The molecular weight excluding hydrogens is 544 g/mol. The van der Waals surface area contributed by atoms with Crippen molar-refractivity contribution in [2.45, 2.75) is 0 Å². The second-order valence-electron chi connectivity index (χ2n) is 6.69. The van der Waals surface area contributed by atoms with Crippen LogP contribution in [0.15, 0.2) is 66.7 Å². The third-order valence-electron chi connectivity index (χ3n) is 4.10. The lowest BCUT2D eigenvalue weighted by molar-refractivity contribution is -0.385. The predicted molar refractivity (Wildman–Crippen MR) is 121 cm³/mol. The molecule has 0 aliphatic rings. The third-order valence-corrected chi connectivity index (χ3v) is 5.82. The average Bonchev–Trinajstić information content (AvgIpc) is 2.79. The molecule has 0 spiro atoms. The van der Waals surface area contributed by atoms with E-state index < -0.39 is 47.6 Å². The van der Waals surface area contributed by atoms with E-state index in [1.54, 1.807) is 0 Å². The first-order chi connectivity index (χ1) is 17.2. The Hall–Kier alpha value is -4.56. The van der Waals surface area contributed by atoms with Crippen LogP contribution in [0.3, 0.4) is 0 Å². The van der Waals surface area contributed by atoms with Gasteiger partial charge >= 0.3 is 15.6 Å². The highest BCUT2D eigenvalue weighted by Crippen LogP contribution is 2.53. The number of phosphoric ester groups is 2. The fourth-order valence-corrected chi connectivity index (χ4v) is 4.24. The first-order valence-corrected chi connectivity index (χ1v) is 12.4. The van der Waals surface area contributed by atoms with Crippen LogP contribution < -0.4 is 18.1 Å². The van der Waals surface area contributed by atoms with Gasteiger partial charge in [0.05, 0.1) is 20.8 Å². The van der Waals surface area contributed by atoms with Crippen LogP contribution >= 0.6 is 15.6 Å². The zero-order valence-electron chi connectivity index (χ0n) is 17.9. The molecule has 0 atom stereocenters. The average molecular weight is 557 g/mol. The van der Waals surface area contributed by atoms with Crippen molar-refractivity contribution in [3.05, 3.63) is 97.1 Å². The van der Waals surface area contributed by atoms with Crippen LogP contribution in [0.4, 0.5) is 17.1 Å². The van der Waals surface area contributed by atoms with Gasteiger partial charge in [-0.3, -0.25) is 40.1 Å². The number of nitrogens with zero attached hydrogens (tertiary/aromatic N) is 3. The largest absolute Gasteiger partial charge is 0.647 e. The molecule has 0 aliphatic heterocycles. The van der Waals surface area contributed by atoms with Crippen molar-refractivity contribution in [3.63, 3.8) is 0 Å². The van der Waals surface area contributed by atoms with E-state index in [2.05, 4.69) is 4.52 Å². The normalized spacial score (nSPS) is 11.3. The fourth-order valence-electron chi connectivity index (χ4n) is 2.58. The molecule has 0 radical (unpaired) electrons. The molecule has 0 unspecified atom stereocenters. The Morgan fingerprint density at radius 2 is 0.973 bits per heavy atom. The maximum atomic E-state index is 13.6. The van der Waals surface area contributed by atoms with E-state index in [1.807, 2.05) is 0 Å².